The zero-order valence-electron chi connectivity index (χ0n) is 28.3. The lowest BCUT2D eigenvalue weighted by Crippen LogP contribution is -2.46. The molecule has 0 radical (unpaired) electrons. The second-order valence-electron chi connectivity index (χ2n) is 16.7. The quantitative estimate of drug-likeness (QED) is 0.368. The number of amides is 2. The van der Waals surface area contributed by atoms with Crippen molar-refractivity contribution in [3.8, 4) is 0 Å². The molecule has 1 aromatic carbocycles. The van der Waals surface area contributed by atoms with Crippen LogP contribution in [0.5, 0.6) is 0 Å². The van der Waals surface area contributed by atoms with Gasteiger partial charge in [0.25, 0.3) is 0 Å². The summed E-state index contributed by atoms with van der Waals surface area (Å²) in [6.45, 7) is 8.46. The second kappa shape index (κ2) is 10.9. The van der Waals surface area contributed by atoms with Crippen LogP contribution in [0, 0.1) is 45.3 Å². The highest BCUT2D eigenvalue weighted by Crippen LogP contribution is 2.71. The maximum atomic E-state index is 14.5. The number of sulfonamides is 2. The zero-order chi connectivity index (χ0) is 34.7. The maximum Gasteiger partial charge on any atom is 0.303 e. The minimum absolute atomic E-state index is 0.0608. The summed E-state index contributed by atoms with van der Waals surface area (Å²) >= 11 is 0. The number of carboxylic acid groups (broad SMARTS) is 1. The van der Waals surface area contributed by atoms with Gasteiger partial charge in [0.2, 0.25) is 31.9 Å². The molecule has 2 aliphatic heterocycles. The van der Waals surface area contributed by atoms with E-state index >= 15 is 0 Å². The Kier molecular flexibility index (Phi) is 7.65. The molecule has 1 N–H and O–H groups in total. The van der Waals surface area contributed by atoms with Gasteiger partial charge in [0.1, 0.15) is 0 Å². The molecule has 4 unspecified atom stereocenters. The molecular weight excluding hydrogens is 653 g/mol. The first-order chi connectivity index (χ1) is 22.4. The van der Waals surface area contributed by atoms with Crippen LogP contribution in [0.2, 0.25) is 0 Å². The van der Waals surface area contributed by atoms with E-state index in [4.69, 9.17) is 0 Å². The molecular formula is C36H48N2O8S2. The normalized spacial score (nSPS) is 37.1. The molecule has 4 aliphatic carbocycles. The lowest BCUT2D eigenvalue weighted by molar-refractivity contribution is -0.138. The maximum absolute atomic E-state index is 14.5. The summed E-state index contributed by atoms with van der Waals surface area (Å²) in [4.78, 5) is 40.5. The van der Waals surface area contributed by atoms with Crippen LogP contribution in [0.15, 0.2) is 42.5 Å². The van der Waals surface area contributed by atoms with Crippen LogP contribution in [0.25, 0.3) is 0 Å². The zero-order valence-corrected chi connectivity index (χ0v) is 29.9. The molecule has 1 aromatic rings. The number of hydrogen-bond donors (Lipinski definition) is 1. The summed E-state index contributed by atoms with van der Waals surface area (Å²) in [6, 6.07) is 8.34. The smallest absolute Gasteiger partial charge is 0.303 e. The van der Waals surface area contributed by atoms with Crippen molar-refractivity contribution in [1.82, 2.24) is 8.61 Å². The van der Waals surface area contributed by atoms with Gasteiger partial charge in [-0.05, 0) is 79.6 Å². The van der Waals surface area contributed by atoms with E-state index in [1.165, 1.54) is 6.08 Å². The van der Waals surface area contributed by atoms with Gasteiger partial charge in [0.15, 0.2) is 0 Å². The highest BCUT2D eigenvalue weighted by Gasteiger charge is 2.73. The van der Waals surface area contributed by atoms with E-state index < -0.39 is 72.6 Å². The molecule has 262 valence electrons. The number of hydrogen-bond acceptors (Lipinski definition) is 7. The van der Waals surface area contributed by atoms with Crippen molar-refractivity contribution in [2.45, 2.75) is 97.6 Å². The predicted octanol–water partition coefficient (Wildman–Crippen LogP) is 4.62. The van der Waals surface area contributed by atoms with E-state index in [1.807, 2.05) is 30.3 Å². The van der Waals surface area contributed by atoms with E-state index in [0.717, 1.165) is 39.9 Å². The third-order valence-electron chi connectivity index (χ3n) is 14.4. The van der Waals surface area contributed by atoms with Crippen molar-refractivity contribution in [2.75, 3.05) is 11.5 Å². The number of fused-ring (bicyclic) bond motifs is 2. The number of carbonyl (C=O) groups is 3. The highest BCUT2D eigenvalue weighted by atomic mass is 32.2. The van der Waals surface area contributed by atoms with Gasteiger partial charge < -0.3 is 5.11 Å². The van der Waals surface area contributed by atoms with E-state index in [2.05, 4.69) is 27.7 Å². The van der Waals surface area contributed by atoms with Gasteiger partial charge in [-0.3, -0.25) is 14.4 Å². The second-order valence-corrected chi connectivity index (χ2v) is 20.4. The summed E-state index contributed by atoms with van der Waals surface area (Å²) in [7, 11) is -7.87. The first-order valence-electron chi connectivity index (χ1n) is 17.4. The fourth-order valence-corrected chi connectivity index (χ4v) is 16.6. The average molecular weight is 701 g/mol. The highest BCUT2D eigenvalue weighted by molar-refractivity contribution is 7.90. The number of rotatable bonds is 9. The van der Waals surface area contributed by atoms with Gasteiger partial charge in [0, 0.05) is 17.3 Å². The molecule has 10 nitrogen and oxygen atoms in total. The van der Waals surface area contributed by atoms with Crippen LogP contribution >= 0.6 is 0 Å². The summed E-state index contributed by atoms with van der Waals surface area (Å²) in [5.74, 6) is -3.92. The Labute approximate surface area is 284 Å². The Morgan fingerprint density at radius 1 is 0.792 bits per heavy atom. The fourth-order valence-electron chi connectivity index (χ4n) is 11.4. The Morgan fingerprint density at radius 2 is 1.25 bits per heavy atom. The molecule has 7 rings (SSSR count). The number of carboxylic acids is 1. The van der Waals surface area contributed by atoms with Gasteiger partial charge in [-0.15, -0.1) is 0 Å². The first kappa shape index (κ1) is 33.8. The molecule has 8 atom stereocenters. The minimum Gasteiger partial charge on any atom is -0.481 e. The number of benzene rings is 1. The lowest BCUT2D eigenvalue weighted by atomic mass is 9.69. The third kappa shape index (κ3) is 4.63. The first-order valence-corrected chi connectivity index (χ1v) is 20.7. The Balaban J connectivity index is 1.23. The molecule has 0 aromatic heterocycles. The van der Waals surface area contributed by atoms with E-state index in [9.17, 15) is 36.3 Å². The summed E-state index contributed by atoms with van der Waals surface area (Å²) in [6.07, 6.45) is 7.28. The van der Waals surface area contributed by atoms with E-state index in [-0.39, 0.29) is 41.6 Å². The van der Waals surface area contributed by atoms with Crippen LogP contribution in [0.1, 0.15) is 84.6 Å². The topological polar surface area (TPSA) is 146 Å². The minimum atomic E-state index is -3.95. The molecule has 2 amide bonds. The van der Waals surface area contributed by atoms with Crippen molar-refractivity contribution >= 4 is 37.8 Å². The van der Waals surface area contributed by atoms with Gasteiger partial charge in [0.05, 0.1) is 35.4 Å². The van der Waals surface area contributed by atoms with Crippen LogP contribution in [-0.2, 0) is 40.9 Å². The molecule has 48 heavy (non-hydrogen) atoms. The molecule has 6 aliphatic rings. The standard InChI is InChI=1S/C36H48N2O8S2/c1-33(2)26-14-16-35(33)21-47(43,44)37(28(35)19-26)31(41)24(12-13-30(39)40)10-11-25(18-23-8-6-5-7-9-23)32(42)38-29-20-27-15-17-36(29,34(27,3)4)22-48(38,45)46/h5-11,24-29H,12-22H2,1-4H3,(H,39,40)/b11-10+/t24-,25-,26?,27?,28+,29+,35?,36?/m1/s1. The van der Waals surface area contributed by atoms with Crippen molar-refractivity contribution < 1.29 is 36.3 Å². The third-order valence-corrected chi connectivity index (χ3v) is 18.3. The summed E-state index contributed by atoms with van der Waals surface area (Å²) < 4.78 is 57.3. The summed E-state index contributed by atoms with van der Waals surface area (Å²) in [5, 5.41) is 9.56. The predicted molar refractivity (Wildman–Crippen MR) is 179 cm³/mol. The molecule has 12 heteroatoms. The molecule has 4 saturated carbocycles. The molecule has 2 saturated heterocycles. The van der Waals surface area contributed by atoms with Crippen LogP contribution in [-0.4, -0.2) is 71.9 Å². The summed E-state index contributed by atoms with van der Waals surface area (Å²) in [5.41, 5.74) is -0.686. The Bertz CT molecular complexity index is 1790. The molecule has 2 spiro atoms. The van der Waals surface area contributed by atoms with Gasteiger partial charge in [-0.1, -0.05) is 70.2 Å². The monoisotopic (exact) mass is 700 g/mol. The van der Waals surface area contributed by atoms with Crippen LogP contribution in [0.4, 0.5) is 0 Å². The number of nitrogens with zero attached hydrogens (tertiary/aromatic N) is 2. The Hall–Kier alpha value is -2.73. The van der Waals surface area contributed by atoms with Gasteiger partial charge in [-0.2, -0.15) is 0 Å². The molecule has 4 bridgehead atoms. The van der Waals surface area contributed by atoms with Crippen LogP contribution in [0.3, 0.4) is 0 Å². The van der Waals surface area contributed by atoms with Crippen LogP contribution < -0.4 is 0 Å². The molecule has 6 fully saturated rings. The van der Waals surface area contributed by atoms with Crippen molar-refractivity contribution in [1.29, 1.82) is 0 Å². The van der Waals surface area contributed by atoms with Crippen molar-refractivity contribution in [3.05, 3.63) is 48.0 Å². The number of carbonyl (C=O) groups excluding carboxylic acids is 2. The SMILES string of the molecule is CC1(C)C2CCC13CS(=O)(=O)N(C(=O)[C@H](/C=C/[C@H](Cc1ccccc1)C(=O)N1[C@H]4CC5CCC4(CS1(=O)=O)C5(C)C)CCC(=O)O)[C@H]3C2. The van der Waals surface area contributed by atoms with E-state index in [1.54, 1.807) is 6.08 Å². The van der Waals surface area contributed by atoms with Crippen molar-refractivity contribution in [3.63, 3.8) is 0 Å². The van der Waals surface area contributed by atoms with Gasteiger partial charge >= 0.3 is 5.97 Å². The van der Waals surface area contributed by atoms with Crippen molar-refractivity contribution in [2.24, 2.45) is 45.3 Å². The lowest BCUT2D eigenvalue weighted by Gasteiger charge is -2.37. The van der Waals surface area contributed by atoms with E-state index in [0.29, 0.717) is 24.7 Å². The fraction of sp³-hybridized carbons (Fsp3) is 0.694. The average Bonchev–Trinajstić information content (AvgIpc) is 3.69. The molecule has 2 heterocycles. The number of aliphatic carboxylic acids is 1. The Morgan fingerprint density at radius 3 is 1.71 bits per heavy atom. The van der Waals surface area contributed by atoms with Gasteiger partial charge in [-0.25, -0.2) is 25.4 Å². The largest absolute Gasteiger partial charge is 0.481 e.